The Hall–Kier alpha value is -0.530. The van der Waals surface area contributed by atoms with Crippen molar-refractivity contribution in [2.45, 2.75) is 78.1 Å². The van der Waals surface area contributed by atoms with Crippen LogP contribution in [0.3, 0.4) is 0 Å². The third kappa shape index (κ3) is 10.3. The topological polar surface area (TPSA) is 20.3 Å². The first kappa shape index (κ1) is 16.5. The summed E-state index contributed by atoms with van der Waals surface area (Å²) in [6.45, 7) is 5.11. The number of carbonyl (C=O) groups is 1. The van der Waals surface area contributed by atoms with E-state index in [0.29, 0.717) is 5.91 Å². The van der Waals surface area contributed by atoms with E-state index >= 15 is 0 Å². The van der Waals surface area contributed by atoms with Crippen molar-refractivity contribution in [1.29, 1.82) is 0 Å². The molecular formula is C15H31NO. The Bertz CT molecular complexity index is 180. The van der Waals surface area contributed by atoms with Crippen LogP contribution in [0.2, 0.25) is 0 Å². The zero-order valence-corrected chi connectivity index (χ0v) is 12.1. The van der Waals surface area contributed by atoms with Crippen molar-refractivity contribution in [2.24, 2.45) is 0 Å². The Morgan fingerprint density at radius 2 is 1.29 bits per heavy atom. The number of rotatable bonds is 11. The van der Waals surface area contributed by atoms with Crippen LogP contribution < -0.4 is 0 Å². The first-order valence-electron chi connectivity index (χ1n) is 7.46. The zero-order valence-electron chi connectivity index (χ0n) is 12.1. The summed E-state index contributed by atoms with van der Waals surface area (Å²) in [6, 6.07) is 0. The number of carbonyl (C=O) groups excluding carboxylic acids is 1. The largest absolute Gasteiger partial charge is 0.346 e. The van der Waals surface area contributed by atoms with Gasteiger partial charge in [-0.15, -0.1) is 0 Å². The molecule has 2 heteroatoms. The quantitative estimate of drug-likeness (QED) is 0.491. The highest BCUT2D eigenvalue weighted by Crippen LogP contribution is 2.10. The summed E-state index contributed by atoms with van der Waals surface area (Å²) in [4.78, 5) is 13.3. The van der Waals surface area contributed by atoms with Crippen molar-refractivity contribution >= 4 is 5.91 Å². The lowest BCUT2D eigenvalue weighted by Crippen LogP contribution is -2.25. The molecule has 0 N–H and O–H groups in total. The van der Waals surface area contributed by atoms with Crippen LogP contribution in [0.15, 0.2) is 0 Å². The Kier molecular flexibility index (Phi) is 11.6. The summed E-state index contributed by atoms with van der Waals surface area (Å²) >= 11 is 0. The van der Waals surface area contributed by atoms with Crippen molar-refractivity contribution in [3.8, 4) is 0 Å². The summed E-state index contributed by atoms with van der Waals surface area (Å²) in [5.41, 5.74) is 0. The number of hydrogen-bond donors (Lipinski definition) is 0. The second-order valence-corrected chi connectivity index (χ2v) is 4.99. The smallest absolute Gasteiger partial charge is 0.222 e. The molecule has 0 unspecified atom stereocenters. The number of amides is 1. The molecular weight excluding hydrogens is 210 g/mol. The fourth-order valence-corrected chi connectivity index (χ4v) is 1.95. The van der Waals surface area contributed by atoms with E-state index in [1.54, 1.807) is 0 Å². The molecule has 0 aliphatic heterocycles. The average Bonchev–Trinajstić information content (AvgIpc) is 2.35. The minimum atomic E-state index is 0.301. The lowest BCUT2D eigenvalue weighted by atomic mass is 10.1. The molecule has 0 saturated heterocycles. The molecule has 0 aromatic rings. The maximum Gasteiger partial charge on any atom is 0.222 e. The standard InChI is InChI=1S/C15H31NO/c1-4-6-7-8-9-10-11-12-13-14-15(17)16(3)5-2/h4-14H2,1-3H3. The van der Waals surface area contributed by atoms with Crippen LogP contribution >= 0.6 is 0 Å². The molecule has 2 nitrogen and oxygen atoms in total. The van der Waals surface area contributed by atoms with Gasteiger partial charge in [0.15, 0.2) is 0 Å². The first-order chi connectivity index (χ1) is 8.22. The molecule has 17 heavy (non-hydrogen) atoms. The Labute approximate surface area is 108 Å². The van der Waals surface area contributed by atoms with Gasteiger partial charge >= 0.3 is 0 Å². The van der Waals surface area contributed by atoms with Gasteiger partial charge in [-0.2, -0.15) is 0 Å². The fraction of sp³-hybridized carbons (Fsp3) is 0.933. The van der Waals surface area contributed by atoms with Gasteiger partial charge in [-0.1, -0.05) is 58.3 Å². The van der Waals surface area contributed by atoms with Gasteiger partial charge in [0, 0.05) is 20.0 Å². The molecule has 0 saturated carbocycles. The average molecular weight is 241 g/mol. The maximum atomic E-state index is 11.5. The third-order valence-corrected chi connectivity index (χ3v) is 3.39. The Morgan fingerprint density at radius 3 is 1.76 bits per heavy atom. The molecule has 0 aromatic carbocycles. The molecule has 0 fully saturated rings. The zero-order chi connectivity index (χ0) is 12.9. The van der Waals surface area contributed by atoms with E-state index in [-0.39, 0.29) is 0 Å². The second kappa shape index (κ2) is 11.9. The van der Waals surface area contributed by atoms with Crippen LogP contribution in [-0.4, -0.2) is 24.4 Å². The van der Waals surface area contributed by atoms with Crippen molar-refractivity contribution < 1.29 is 4.79 Å². The van der Waals surface area contributed by atoms with Gasteiger partial charge < -0.3 is 4.90 Å². The van der Waals surface area contributed by atoms with Crippen molar-refractivity contribution in [2.75, 3.05) is 13.6 Å². The summed E-state index contributed by atoms with van der Waals surface area (Å²) < 4.78 is 0. The van der Waals surface area contributed by atoms with E-state index < -0.39 is 0 Å². The van der Waals surface area contributed by atoms with Crippen molar-refractivity contribution in [3.63, 3.8) is 0 Å². The molecule has 1 amide bonds. The van der Waals surface area contributed by atoms with Crippen LogP contribution in [0.5, 0.6) is 0 Å². The minimum absolute atomic E-state index is 0.301. The van der Waals surface area contributed by atoms with Gasteiger partial charge in [0.25, 0.3) is 0 Å². The molecule has 0 atom stereocenters. The molecule has 102 valence electrons. The minimum Gasteiger partial charge on any atom is -0.346 e. The van der Waals surface area contributed by atoms with Crippen LogP contribution in [0, 0.1) is 0 Å². The van der Waals surface area contributed by atoms with E-state index in [4.69, 9.17) is 0 Å². The lowest BCUT2D eigenvalue weighted by molar-refractivity contribution is -0.129. The Balaban J connectivity index is 3.16. The predicted octanol–water partition coefficient (Wildman–Crippen LogP) is 4.39. The summed E-state index contributed by atoms with van der Waals surface area (Å²) in [5.74, 6) is 0.301. The van der Waals surface area contributed by atoms with Gasteiger partial charge in [0.05, 0.1) is 0 Å². The molecule has 0 rings (SSSR count). The lowest BCUT2D eigenvalue weighted by Gasteiger charge is -2.13. The molecule has 0 bridgehead atoms. The van der Waals surface area contributed by atoms with E-state index in [2.05, 4.69) is 6.92 Å². The maximum absolute atomic E-state index is 11.5. The van der Waals surface area contributed by atoms with Gasteiger partial charge in [0.1, 0.15) is 0 Å². The summed E-state index contributed by atoms with van der Waals surface area (Å²) in [6.07, 6.45) is 12.6. The van der Waals surface area contributed by atoms with E-state index in [1.807, 2.05) is 18.9 Å². The van der Waals surface area contributed by atoms with E-state index in [1.165, 1.54) is 51.4 Å². The van der Waals surface area contributed by atoms with E-state index in [9.17, 15) is 4.79 Å². The highest BCUT2D eigenvalue weighted by Gasteiger charge is 2.04. The second-order valence-electron chi connectivity index (χ2n) is 4.99. The number of hydrogen-bond acceptors (Lipinski definition) is 1. The van der Waals surface area contributed by atoms with Gasteiger partial charge in [-0.25, -0.2) is 0 Å². The number of unbranched alkanes of at least 4 members (excludes halogenated alkanes) is 8. The van der Waals surface area contributed by atoms with Crippen LogP contribution in [0.1, 0.15) is 78.1 Å². The highest BCUT2D eigenvalue weighted by molar-refractivity contribution is 5.75. The fourth-order valence-electron chi connectivity index (χ4n) is 1.95. The predicted molar refractivity (Wildman–Crippen MR) is 75.2 cm³/mol. The molecule has 0 radical (unpaired) electrons. The molecule has 0 aromatic heterocycles. The van der Waals surface area contributed by atoms with Gasteiger partial charge in [-0.05, 0) is 13.3 Å². The number of nitrogens with zero attached hydrogens (tertiary/aromatic N) is 1. The summed E-state index contributed by atoms with van der Waals surface area (Å²) in [5, 5.41) is 0. The Morgan fingerprint density at radius 1 is 0.824 bits per heavy atom. The van der Waals surface area contributed by atoms with Crippen LogP contribution in [-0.2, 0) is 4.79 Å². The normalized spacial score (nSPS) is 10.5. The van der Waals surface area contributed by atoms with E-state index in [0.717, 1.165) is 19.4 Å². The SMILES string of the molecule is CCCCCCCCCCCC(=O)N(C)CC. The monoisotopic (exact) mass is 241 g/mol. The molecule has 0 spiro atoms. The van der Waals surface area contributed by atoms with Gasteiger partial charge in [-0.3, -0.25) is 4.79 Å². The summed E-state index contributed by atoms with van der Waals surface area (Å²) in [7, 11) is 1.88. The van der Waals surface area contributed by atoms with Gasteiger partial charge in [0.2, 0.25) is 5.91 Å². The molecule has 0 aliphatic rings. The van der Waals surface area contributed by atoms with Crippen molar-refractivity contribution in [3.05, 3.63) is 0 Å². The highest BCUT2D eigenvalue weighted by atomic mass is 16.2. The molecule has 0 heterocycles. The first-order valence-corrected chi connectivity index (χ1v) is 7.46. The van der Waals surface area contributed by atoms with Crippen molar-refractivity contribution in [1.82, 2.24) is 4.90 Å². The third-order valence-electron chi connectivity index (χ3n) is 3.39. The van der Waals surface area contributed by atoms with Crippen LogP contribution in [0.4, 0.5) is 0 Å². The molecule has 0 aliphatic carbocycles. The van der Waals surface area contributed by atoms with Crippen LogP contribution in [0.25, 0.3) is 0 Å².